The van der Waals surface area contributed by atoms with Crippen molar-refractivity contribution in [3.63, 3.8) is 0 Å². The Kier molecular flexibility index (Phi) is 3.28. The molecular formula is C15H14N2O2S. The molecule has 0 saturated carbocycles. The highest BCUT2D eigenvalue weighted by molar-refractivity contribution is 7.09. The number of hydrogen-bond donors (Lipinski definition) is 1. The number of carbonyl (C=O) groups is 1. The highest BCUT2D eigenvalue weighted by atomic mass is 32.1. The Labute approximate surface area is 120 Å². The van der Waals surface area contributed by atoms with Crippen LogP contribution in [0.25, 0.3) is 11.0 Å². The summed E-state index contributed by atoms with van der Waals surface area (Å²) in [5.74, 6) is -0.923. The fraction of sp³-hybridized carbons (Fsp3) is 0.200. The van der Waals surface area contributed by atoms with E-state index in [1.54, 1.807) is 29.8 Å². The molecular weight excluding hydrogens is 272 g/mol. The van der Waals surface area contributed by atoms with Gasteiger partial charge in [-0.05, 0) is 36.6 Å². The Morgan fingerprint density at radius 1 is 1.45 bits per heavy atom. The van der Waals surface area contributed by atoms with Crippen LogP contribution in [0.4, 0.5) is 0 Å². The Hall–Kier alpha value is -2.14. The lowest BCUT2D eigenvalue weighted by Crippen LogP contribution is -2.06. The number of imidazole rings is 1. The van der Waals surface area contributed by atoms with Crippen LogP contribution in [0, 0.1) is 0 Å². The molecule has 0 bridgehead atoms. The Balaban J connectivity index is 1.94. The zero-order chi connectivity index (χ0) is 14.1. The molecule has 0 radical (unpaired) electrons. The second-order valence-electron chi connectivity index (χ2n) is 4.79. The second kappa shape index (κ2) is 5.09. The molecule has 102 valence electrons. The lowest BCUT2D eigenvalue weighted by molar-refractivity contribution is 0.0697. The molecule has 0 saturated heterocycles. The Bertz CT molecular complexity index is 746. The van der Waals surface area contributed by atoms with E-state index < -0.39 is 5.97 Å². The first-order valence-electron chi connectivity index (χ1n) is 6.37. The molecule has 2 aromatic heterocycles. The number of carboxylic acid groups (broad SMARTS) is 1. The van der Waals surface area contributed by atoms with Gasteiger partial charge in [0.15, 0.2) is 0 Å². The van der Waals surface area contributed by atoms with Crippen LogP contribution in [0.15, 0.2) is 42.0 Å². The van der Waals surface area contributed by atoms with E-state index in [9.17, 15) is 4.79 Å². The third-order valence-electron chi connectivity index (χ3n) is 3.37. The average molecular weight is 286 g/mol. The average Bonchev–Trinajstić information content (AvgIpc) is 3.06. The molecule has 3 rings (SSSR count). The number of fused-ring (bicyclic) bond motifs is 1. The second-order valence-corrected chi connectivity index (χ2v) is 5.83. The lowest BCUT2D eigenvalue weighted by Gasteiger charge is -2.13. The minimum Gasteiger partial charge on any atom is -0.478 e. The van der Waals surface area contributed by atoms with E-state index in [0.29, 0.717) is 0 Å². The van der Waals surface area contributed by atoms with Crippen LogP contribution in [-0.4, -0.2) is 20.6 Å². The van der Waals surface area contributed by atoms with E-state index >= 15 is 0 Å². The smallest absolute Gasteiger partial charge is 0.335 e. The van der Waals surface area contributed by atoms with Gasteiger partial charge in [-0.3, -0.25) is 0 Å². The fourth-order valence-electron chi connectivity index (χ4n) is 2.33. The van der Waals surface area contributed by atoms with Gasteiger partial charge in [-0.2, -0.15) is 0 Å². The topological polar surface area (TPSA) is 55.1 Å². The van der Waals surface area contributed by atoms with Crippen LogP contribution in [0.1, 0.15) is 28.2 Å². The first-order valence-corrected chi connectivity index (χ1v) is 7.25. The maximum absolute atomic E-state index is 11.0. The lowest BCUT2D eigenvalue weighted by atomic mass is 10.1. The Morgan fingerprint density at radius 2 is 2.30 bits per heavy atom. The van der Waals surface area contributed by atoms with E-state index in [0.717, 1.165) is 17.5 Å². The predicted molar refractivity (Wildman–Crippen MR) is 79.4 cm³/mol. The van der Waals surface area contributed by atoms with Crippen molar-refractivity contribution in [2.24, 2.45) is 0 Å². The summed E-state index contributed by atoms with van der Waals surface area (Å²) in [6.07, 6.45) is 2.73. The van der Waals surface area contributed by atoms with Crippen molar-refractivity contribution in [2.75, 3.05) is 0 Å². The summed E-state index contributed by atoms with van der Waals surface area (Å²) in [6.45, 7) is 2.14. The minimum absolute atomic E-state index is 0.272. The van der Waals surface area contributed by atoms with Crippen LogP contribution in [0.5, 0.6) is 0 Å². The quantitative estimate of drug-likeness (QED) is 0.797. The maximum atomic E-state index is 11.0. The van der Waals surface area contributed by atoms with E-state index in [2.05, 4.69) is 34.0 Å². The molecule has 5 heteroatoms. The number of aromatic carboxylic acids is 1. The predicted octanol–water partition coefficient (Wildman–Crippen LogP) is 3.60. The molecule has 1 N–H and O–H groups in total. The monoisotopic (exact) mass is 286 g/mol. The van der Waals surface area contributed by atoms with Gasteiger partial charge in [0.05, 0.1) is 22.9 Å². The van der Waals surface area contributed by atoms with Crippen LogP contribution in [0.2, 0.25) is 0 Å². The summed E-state index contributed by atoms with van der Waals surface area (Å²) in [6, 6.07) is 9.54. The van der Waals surface area contributed by atoms with E-state index in [4.69, 9.17) is 5.11 Å². The molecule has 0 aliphatic carbocycles. The van der Waals surface area contributed by atoms with Crippen molar-refractivity contribution in [3.05, 3.63) is 52.5 Å². The number of aromatic nitrogens is 2. The summed E-state index contributed by atoms with van der Waals surface area (Å²) in [5, 5.41) is 11.1. The van der Waals surface area contributed by atoms with E-state index in [1.165, 1.54) is 4.88 Å². The highest BCUT2D eigenvalue weighted by Gasteiger charge is 2.12. The molecule has 4 nitrogen and oxygen atoms in total. The van der Waals surface area contributed by atoms with Gasteiger partial charge in [0, 0.05) is 17.3 Å². The molecule has 1 aromatic carbocycles. The molecule has 1 unspecified atom stereocenters. The number of hydrogen-bond acceptors (Lipinski definition) is 3. The largest absolute Gasteiger partial charge is 0.478 e. The summed E-state index contributed by atoms with van der Waals surface area (Å²) in [7, 11) is 0. The highest BCUT2D eigenvalue weighted by Crippen LogP contribution is 2.23. The number of thiophene rings is 1. The number of nitrogens with zero attached hydrogens (tertiary/aromatic N) is 2. The number of rotatable bonds is 4. The van der Waals surface area contributed by atoms with Crippen LogP contribution >= 0.6 is 11.3 Å². The molecule has 0 fully saturated rings. The molecule has 0 aliphatic rings. The molecule has 0 aliphatic heterocycles. The van der Waals surface area contributed by atoms with Crippen molar-refractivity contribution < 1.29 is 9.90 Å². The Morgan fingerprint density at radius 3 is 3.00 bits per heavy atom. The molecule has 20 heavy (non-hydrogen) atoms. The maximum Gasteiger partial charge on any atom is 0.335 e. The molecule has 0 spiro atoms. The van der Waals surface area contributed by atoms with Crippen LogP contribution in [-0.2, 0) is 6.42 Å². The summed E-state index contributed by atoms with van der Waals surface area (Å²) in [4.78, 5) is 16.6. The van der Waals surface area contributed by atoms with Gasteiger partial charge in [-0.25, -0.2) is 9.78 Å². The van der Waals surface area contributed by atoms with Crippen LogP contribution in [0.3, 0.4) is 0 Å². The van der Waals surface area contributed by atoms with Gasteiger partial charge in [-0.1, -0.05) is 6.07 Å². The SMILES string of the molecule is CC(Cc1cccs1)n1cnc2cc(C(=O)O)ccc21. The number of carboxylic acids is 1. The van der Waals surface area contributed by atoms with Gasteiger partial charge in [-0.15, -0.1) is 11.3 Å². The van der Waals surface area contributed by atoms with Gasteiger partial charge >= 0.3 is 5.97 Å². The summed E-state index contributed by atoms with van der Waals surface area (Å²) in [5.41, 5.74) is 1.97. The van der Waals surface area contributed by atoms with E-state index in [1.807, 2.05) is 6.07 Å². The van der Waals surface area contributed by atoms with Gasteiger partial charge in [0.25, 0.3) is 0 Å². The van der Waals surface area contributed by atoms with Gasteiger partial charge in [0.1, 0.15) is 0 Å². The van der Waals surface area contributed by atoms with Crippen molar-refractivity contribution in [1.82, 2.24) is 9.55 Å². The first-order chi connectivity index (χ1) is 9.65. The van der Waals surface area contributed by atoms with Crippen molar-refractivity contribution >= 4 is 28.3 Å². The first kappa shape index (κ1) is 12.9. The third-order valence-corrected chi connectivity index (χ3v) is 4.27. The zero-order valence-electron chi connectivity index (χ0n) is 11.0. The van der Waals surface area contributed by atoms with Crippen molar-refractivity contribution in [2.45, 2.75) is 19.4 Å². The number of benzene rings is 1. The van der Waals surface area contributed by atoms with Crippen molar-refractivity contribution in [3.8, 4) is 0 Å². The summed E-state index contributed by atoms with van der Waals surface area (Å²) >= 11 is 1.75. The molecule has 3 aromatic rings. The standard InChI is InChI=1S/C15H14N2O2S/c1-10(7-12-3-2-6-20-12)17-9-16-13-8-11(15(18)19)4-5-14(13)17/h2-6,8-10H,7H2,1H3,(H,18,19). The van der Waals surface area contributed by atoms with E-state index in [-0.39, 0.29) is 11.6 Å². The van der Waals surface area contributed by atoms with Crippen molar-refractivity contribution in [1.29, 1.82) is 0 Å². The van der Waals surface area contributed by atoms with Crippen LogP contribution < -0.4 is 0 Å². The third kappa shape index (κ3) is 2.32. The summed E-state index contributed by atoms with van der Waals surface area (Å²) < 4.78 is 2.10. The molecule has 1 atom stereocenters. The zero-order valence-corrected chi connectivity index (χ0v) is 11.8. The fourth-order valence-corrected chi connectivity index (χ4v) is 3.16. The molecule has 0 amide bonds. The van der Waals surface area contributed by atoms with Gasteiger partial charge in [0.2, 0.25) is 0 Å². The van der Waals surface area contributed by atoms with Gasteiger partial charge < -0.3 is 9.67 Å². The molecule has 2 heterocycles. The normalized spacial score (nSPS) is 12.7. The minimum atomic E-state index is -0.923.